The van der Waals surface area contributed by atoms with Crippen molar-refractivity contribution in [1.82, 2.24) is 9.88 Å². The Labute approximate surface area is 141 Å². The zero-order valence-corrected chi connectivity index (χ0v) is 14.3. The predicted octanol–water partition coefficient (Wildman–Crippen LogP) is 3.31. The molecule has 1 amide bonds. The van der Waals surface area contributed by atoms with Gasteiger partial charge in [0.15, 0.2) is 0 Å². The molecule has 1 fully saturated rings. The SMILES string of the molecule is CN(C)c1ccc(C2SCCC(=O)N2Cc2cccnc2)cc1. The number of hydrogen-bond donors (Lipinski definition) is 0. The summed E-state index contributed by atoms with van der Waals surface area (Å²) in [7, 11) is 4.06. The van der Waals surface area contributed by atoms with Gasteiger partial charge in [0.1, 0.15) is 5.37 Å². The molecule has 2 heterocycles. The lowest BCUT2D eigenvalue weighted by molar-refractivity contribution is -0.132. The number of rotatable bonds is 4. The number of aromatic nitrogens is 1. The van der Waals surface area contributed by atoms with Crippen molar-refractivity contribution in [3.8, 4) is 0 Å². The fraction of sp³-hybridized carbons (Fsp3) is 0.333. The molecule has 0 bridgehead atoms. The maximum atomic E-state index is 12.4. The van der Waals surface area contributed by atoms with Crippen LogP contribution in [0.2, 0.25) is 0 Å². The minimum Gasteiger partial charge on any atom is -0.378 e. The Hall–Kier alpha value is -2.01. The molecule has 0 radical (unpaired) electrons. The van der Waals surface area contributed by atoms with Crippen molar-refractivity contribution >= 4 is 23.4 Å². The van der Waals surface area contributed by atoms with Crippen molar-refractivity contribution in [2.45, 2.75) is 18.3 Å². The van der Waals surface area contributed by atoms with Gasteiger partial charge in [-0.05, 0) is 29.3 Å². The number of carbonyl (C=O) groups is 1. The molecule has 1 aromatic heterocycles. The van der Waals surface area contributed by atoms with Crippen LogP contribution in [0.5, 0.6) is 0 Å². The van der Waals surface area contributed by atoms with E-state index in [4.69, 9.17) is 0 Å². The summed E-state index contributed by atoms with van der Waals surface area (Å²) in [5.41, 5.74) is 3.41. The van der Waals surface area contributed by atoms with Gasteiger partial charge >= 0.3 is 0 Å². The summed E-state index contributed by atoms with van der Waals surface area (Å²) in [6.07, 6.45) is 4.20. The fourth-order valence-electron chi connectivity index (χ4n) is 2.69. The van der Waals surface area contributed by atoms with Crippen molar-refractivity contribution in [3.05, 3.63) is 59.9 Å². The zero-order chi connectivity index (χ0) is 16.2. The lowest BCUT2D eigenvalue weighted by Crippen LogP contribution is -2.36. The van der Waals surface area contributed by atoms with Crippen LogP contribution in [-0.2, 0) is 11.3 Å². The van der Waals surface area contributed by atoms with Gasteiger partial charge in [0.2, 0.25) is 5.91 Å². The van der Waals surface area contributed by atoms with E-state index in [9.17, 15) is 4.79 Å². The van der Waals surface area contributed by atoms with Gasteiger partial charge in [-0.15, -0.1) is 11.8 Å². The van der Waals surface area contributed by atoms with E-state index in [2.05, 4.69) is 34.1 Å². The Bertz CT molecular complexity index is 658. The molecule has 1 aromatic carbocycles. The number of benzene rings is 1. The third-order valence-electron chi connectivity index (χ3n) is 3.97. The lowest BCUT2D eigenvalue weighted by Gasteiger charge is -2.35. The second-order valence-electron chi connectivity index (χ2n) is 5.84. The van der Waals surface area contributed by atoms with Gasteiger partial charge < -0.3 is 9.80 Å². The molecule has 0 spiro atoms. The first kappa shape index (κ1) is 15.9. The number of hydrogen-bond acceptors (Lipinski definition) is 4. The molecular weight excluding hydrogens is 306 g/mol. The summed E-state index contributed by atoms with van der Waals surface area (Å²) >= 11 is 1.83. The summed E-state index contributed by atoms with van der Waals surface area (Å²) in [5, 5.41) is 0.0765. The molecule has 23 heavy (non-hydrogen) atoms. The Morgan fingerprint density at radius 3 is 2.70 bits per heavy atom. The molecule has 0 aliphatic carbocycles. The average molecular weight is 327 g/mol. The predicted molar refractivity (Wildman–Crippen MR) is 95.4 cm³/mol. The van der Waals surface area contributed by atoms with Gasteiger partial charge in [-0.1, -0.05) is 18.2 Å². The third-order valence-corrected chi connectivity index (χ3v) is 5.25. The zero-order valence-electron chi connectivity index (χ0n) is 13.5. The summed E-state index contributed by atoms with van der Waals surface area (Å²) in [5.74, 6) is 1.09. The largest absolute Gasteiger partial charge is 0.378 e. The first-order valence-corrected chi connectivity index (χ1v) is 8.77. The maximum absolute atomic E-state index is 12.4. The molecular formula is C18H21N3OS. The summed E-state index contributed by atoms with van der Waals surface area (Å²) in [6.45, 7) is 0.611. The Balaban J connectivity index is 1.84. The minimum absolute atomic E-state index is 0.0765. The first-order chi connectivity index (χ1) is 11.1. The summed E-state index contributed by atoms with van der Waals surface area (Å²) in [6, 6.07) is 12.4. The van der Waals surface area contributed by atoms with Crippen LogP contribution in [0.15, 0.2) is 48.8 Å². The van der Waals surface area contributed by atoms with Crippen molar-refractivity contribution in [1.29, 1.82) is 0 Å². The molecule has 1 aliphatic rings. The molecule has 120 valence electrons. The molecule has 1 unspecified atom stereocenters. The van der Waals surface area contributed by atoms with E-state index in [1.807, 2.05) is 49.1 Å². The molecule has 1 saturated heterocycles. The molecule has 1 aliphatic heterocycles. The van der Waals surface area contributed by atoms with Crippen LogP contribution in [-0.4, -0.2) is 35.6 Å². The quantitative estimate of drug-likeness (QED) is 0.863. The lowest BCUT2D eigenvalue weighted by atomic mass is 10.1. The molecule has 4 nitrogen and oxygen atoms in total. The summed E-state index contributed by atoms with van der Waals surface area (Å²) < 4.78 is 0. The smallest absolute Gasteiger partial charge is 0.224 e. The van der Waals surface area contributed by atoms with Crippen LogP contribution in [0, 0.1) is 0 Å². The van der Waals surface area contributed by atoms with E-state index >= 15 is 0 Å². The Morgan fingerprint density at radius 2 is 2.04 bits per heavy atom. The maximum Gasteiger partial charge on any atom is 0.224 e. The van der Waals surface area contributed by atoms with E-state index in [-0.39, 0.29) is 11.3 Å². The van der Waals surface area contributed by atoms with Crippen LogP contribution >= 0.6 is 11.8 Å². The van der Waals surface area contributed by atoms with Crippen LogP contribution in [0.3, 0.4) is 0 Å². The van der Waals surface area contributed by atoms with Crippen LogP contribution in [0.25, 0.3) is 0 Å². The number of carbonyl (C=O) groups excluding carboxylic acids is 1. The molecule has 0 saturated carbocycles. The van der Waals surface area contributed by atoms with Gasteiger partial charge in [0.05, 0.1) is 0 Å². The van der Waals surface area contributed by atoms with Crippen molar-refractivity contribution in [2.75, 3.05) is 24.7 Å². The monoisotopic (exact) mass is 327 g/mol. The second kappa shape index (κ2) is 7.04. The normalized spacial score (nSPS) is 18.1. The van der Waals surface area contributed by atoms with Crippen molar-refractivity contribution < 1.29 is 4.79 Å². The number of anilines is 1. The van der Waals surface area contributed by atoms with Gasteiger partial charge in [-0.2, -0.15) is 0 Å². The van der Waals surface area contributed by atoms with Crippen LogP contribution in [0.4, 0.5) is 5.69 Å². The van der Waals surface area contributed by atoms with Crippen molar-refractivity contribution in [2.24, 2.45) is 0 Å². The van der Waals surface area contributed by atoms with Crippen molar-refractivity contribution in [3.63, 3.8) is 0 Å². The topological polar surface area (TPSA) is 36.4 Å². The molecule has 1 atom stereocenters. The highest BCUT2D eigenvalue weighted by molar-refractivity contribution is 7.99. The number of amides is 1. The van der Waals surface area contributed by atoms with E-state index in [1.165, 1.54) is 11.3 Å². The molecule has 2 aromatic rings. The van der Waals surface area contributed by atoms with Gasteiger partial charge in [-0.3, -0.25) is 9.78 Å². The van der Waals surface area contributed by atoms with Gasteiger partial charge in [0, 0.05) is 50.9 Å². The Morgan fingerprint density at radius 1 is 1.26 bits per heavy atom. The second-order valence-corrected chi connectivity index (χ2v) is 7.03. The van der Waals surface area contributed by atoms with E-state index < -0.39 is 0 Å². The highest BCUT2D eigenvalue weighted by Gasteiger charge is 2.29. The molecule has 5 heteroatoms. The highest BCUT2D eigenvalue weighted by Crippen LogP contribution is 2.38. The van der Waals surface area contributed by atoms with Crippen LogP contribution in [0.1, 0.15) is 22.9 Å². The van der Waals surface area contributed by atoms with E-state index in [1.54, 1.807) is 6.20 Å². The van der Waals surface area contributed by atoms with Gasteiger partial charge in [-0.25, -0.2) is 0 Å². The average Bonchev–Trinajstić information content (AvgIpc) is 2.58. The van der Waals surface area contributed by atoms with E-state index in [0.29, 0.717) is 13.0 Å². The Kier molecular flexibility index (Phi) is 4.86. The molecule has 0 N–H and O–H groups in total. The van der Waals surface area contributed by atoms with E-state index in [0.717, 1.165) is 11.3 Å². The molecule has 3 rings (SSSR count). The van der Waals surface area contributed by atoms with Crippen LogP contribution < -0.4 is 4.90 Å². The van der Waals surface area contributed by atoms with Gasteiger partial charge in [0.25, 0.3) is 0 Å². The highest BCUT2D eigenvalue weighted by atomic mass is 32.2. The third kappa shape index (κ3) is 3.67. The standard InChI is InChI=1S/C18H21N3OS/c1-20(2)16-7-5-15(6-8-16)18-21(17(22)9-11-23-18)13-14-4-3-10-19-12-14/h3-8,10,12,18H,9,11,13H2,1-2H3. The number of pyridine rings is 1. The number of nitrogens with zero attached hydrogens (tertiary/aromatic N) is 3. The fourth-order valence-corrected chi connectivity index (χ4v) is 3.93. The number of thioether (sulfide) groups is 1. The summed E-state index contributed by atoms with van der Waals surface area (Å²) in [4.78, 5) is 20.6. The first-order valence-electron chi connectivity index (χ1n) is 7.72. The minimum atomic E-state index is 0.0765.